The van der Waals surface area contributed by atoms with E-state index in [1.165, 1.54) is 18.2 Å². The molecule has 1 aliphatic rings. The number of carbonyl (C=O) groups is 1. The molecule has 1 aliphatic carbocycles. The minimum absolute atomic E-state index is 0.134. The van der Waals surface area contributed by atoms with Crippen LogP contribution in [-0.2, 0) is 0 Å². The van der Waals surface area contributed by atoms with Crippen LogP contribution in [0.15, 0.2) is 18.2 Å². The molecule has 8 heteroatoms. The van der Waals surface area contributed by atoms with E-state index in [1.54, 1.807) is 18.2 Å². The summed E-state index contributed by atoms with van der Waals surface area (Å²) in [6.45, 7) is 0. The highest BCUT2D eigenvalue weighted by Crippen LogP contribution is 2.27. The fraction of sp³-hybridized carbons (Fsp3) is 0.438. The zero-order valence-corrected chi connectivity index (χ0v) is 14.2. The molecule has 0 spiro atoms. The molecule has 0 aliphatic heterocycles. The number of hydrogen-bond acceptors (Lipinski definition) is 5. The number of hydrogen-bond donors (Lipinski definition) is 2. The second kappa shape index (κ2) is 7.09. The largest absolute Gasteiger partial charge is 0.495 e. The number of amides is 1. The highest BCUT2D eigenvalue weighted by atomic mass is 35.5. The van der Waals surface area contributed by atoms with Gasteiger partial charge < -0.3 is 15.8 Å². The SMILES string of the molecule is COc1cc(-n2nnc(C(=O)NC3CCCCC3)c2N)ccc1Cl. The lowest BCUT2D eigenvalue weighted by molar-refractivity contribution is 0.0923. The van der Waals surface area contributed by atoms with Gasteiger partial charge >= 0.3 is 0 Å². The number of nitrogen functional groups attached to an aromatic ring is 1. The van der Waals surface area contributed by atoms with Gasteiger partial charge in [0.2, 0.25) is 0 Å². The van der Waals surface area contributed by atoms with Crippen LogP contribution in [0, 0.1) is 0 Å². The summed E-state index contributed by atoms with van der Waals surface area (Å²) in [5.41, 5.74) is 6.83. The first-order valence-corrected chi connectivity index (χ1v) is 8.34. The van der Waals surface area contributed by atoms with Crippen LogP contribution in [0.1, 0.15) is 42.6 Å². The first-order chi connectivity index (χ1) is 11.6. The number of carbonyl (C=O) groups excluding carboxylic acids is 1. The van der Waals surface area contributed by atoms with E-state index in [-0.39, 0.29) is 23.5 Å². The molecular weight excluding hydrogens is 330 g/mol. The molecule has 128 valence electrons. The Morgan fingerprint density at radius 1 is 1.38 bits per heavy atom. The Morgan fingerprint density at radius 2 is 2.12 bits per heavy atom. The number of nitrogens with one attached hydrogen (secondary N) is 1. The van der Waals surface area contributed by atoms with Crippen molar-refractivity contribution in [2.75, 3.05) is 12.8 Å². The number of ether oxygens (including phenoxy) is 1. The third-order valence-corrected chi connectivity index (χ3v) is 4.55. The van der Waals surface area contributed by atoms with E-state index in [0.717, 1.165) is 25.7 Å². The summed E-state index contributed by atoms with van der Waals surface area (Å²) >= 11 is 6.02. The maximum absolute atomic E-state index is 12.4. The number of halogens is 1. The molecule has 1 fully saturated rings. The highest BCUT2D eigenvalue weighted by molar-refractivity contribution is 6.32. The van der Waals surface area contributed by atoms with Crippen molar-refractivity contribution in [2.45, 2.75) is 38.1 Å². The van der Waals surface area contributed by atoms with Crippen molar-refractivity contribution in [3.05, 3.63) is 28.9 Å². The van der Waals surface area contributed by atoms with Gasteiger partial charge in [0, 0.05) is 12.1 Å². The molecule has 2 aromatic rings. The summed E-state index contributed by atoms with van der Waals surface area (Å²) in [6, 6.07) is 5.29. The Morgan fingerprint density at radius 3 is 2.83 bits per heavy atom. The summed E-state index contributed by atoms with van der Waals surface area (Å²) in [5, 5.41) is 11.4. The molecule has 3 rings (SSSR count). The fourth-order valence-corrected chi connectivity index (χ4v) is 3.12. The van der Waals surface area contributed by atoms with Crippen LogP contribution in [0.3, 0.4) is 0 Å². The van der Waals surface area contributed by atoms with Crippen LogP contribution in [0.2, 0.25) is 5.02 Å². The summed E-state index contributed by atoms with van der Waals surface area (Å²) in [6.07, 6.45) is 5.49. The third-order valence-electron chi connectivity index (χ3n) is 4.24. The van der Waals surface area contributed by atoms with Crippen LogP contribution < -0.4 is 15.8 Å². The summed E-state index contributed by atoms with van der Waals surface area (Å²) in [4.78, 5) is 12.4. The topological polar surface area (TPSA) is 95.1 Å². The smallest absolute Gasteiger partial charge is 0.275 e. The van der Waals surface area contributed by atoms with Crippen molar-refractivity contribution in [2.24, 2.45) is 0 Å². The van der Waals surface area contributed by atoms with Crippen molar-refractivity contribution in [1.82, 2.24) is 20.3 Å². The monoisotopic (exact) mass is 349 g/mol. The molecule has 1 heterocycles. The van der Waals surface area contributed by atoms with Crippen LogP contribution in [-0.4, -0.2) is 34.1 Å². The van der Waals surface area contributed by atoms with Crippen LogP contribution in [0.4, 0.5) is 5.82 Å². The van der Waals surface area contributed by atoms with E-state index in [2.05, 4.69) is 15.6 Å². The standard InChI is InChI=1S/C16H20ClN5O2/c1-24-13-9-11(7-8-12(13)17)22-15(18)14(20-21-22)16(23)19-10-5-3-2-4-6-10/h7-10H,2-6,18H2,1H3,(H,19,23). The molecule has 0 bridgehead atoms. The molecule has 24 heavy (non-hydrogen) atoms. The molecule has 0 unspecified atom stereocenters. The van der Waals surface area contributed by atoms with Gasteiger partial charge in [0.25, 0.3) is 5.91 Å². The molecule has 0 saturated heterocycles. The highest BCUT2D eigenvalue weighted by Gasteiger charge is 2.22. The first-order valence-electron chi connectivity index (χ1n) is 7.96. The molecule has 0 radical (unpaired) electrons. The predicted octanol–water partition coefficient (Wildman–Crippen LogP) is 2.57. The van der Waals surface area contributed by atoms with E-state index in [1.807, 2.05) is 0 Å². The Bertz CT molecular complexity index is 740. The van der Waals surface area contributed by atoms with Gasteiger partial charge in [-0.25, -0.2) is 0 Å². The van der Waals surface area contributed by atoms with E-state index < -0.39 is 0 Å². The fourth-order valence-electron chi connectivity index (χ4n) is 2.92. The molecule has 1 saturated carbocycles. The zero-order valence-electron chi connectivity index (χ0n) is 13.5. The maximum atomic E-state index is 12.4. The lowest BCUT2D eigenvalue weighted by atomic mass is 9.95. The van der Waals surface area contributed by atoms with Gasteiger partial charge in [-0.05, 0) is 25.0 Å². The average Bonchev–Trinajstić information content (AvgIpc) is 2.98. The van der Waals surface area contributed by atoms with Gasteiger partial charge in [-0.3, -0.25) is 4.79 Å². The summed E-state index contributed by atoms with van der Waals surface area (Å²) in [7, 11) is 1.53. The van der Waals surface area contributed by atoms with E-state index in [0.29, 0.717) is 16.5 Å². The van der Waals surface area contributed by atoms with E-state index in [9.17, 15) is 4.79 Å². The van der Waals surface area contributed by atoms with Crippen molar-refractivity contribution < 1.29 is 9.53 Å². The van der Waals surface area contributed by atoms with E-state index >= 15 is 0 Å². The van der Waals surface area contributed by atoms with Gasteiger partial charge in [-0.15, -0.1) is 5.10 Å². The Kier molecular flexibility index (Phi) is 4.89. The first kappa shape index (κ1) is 16.6. The average molecular weight is 350 g/mol. The third kappa shape index (κ3) is 3.31. The number of anilines is 1. The van der Waals surface area contributed by atoms with Crippen molar-refractivity contribution in [3.63, 3.8) is 0 Å². The molecular formula is C16H20ClN5O2. The lowest BCUT2D eigenvalue weighted by Gasteiger charge is -2.22. The van der Waals surface area contributed by atoms with Gasteiger partial charge in [-0.1, -0.05) is 36.1 Å². The maximum Gasteiger partial charge on any atom is 0.275 e. The van der Waals surface area contributed by atoms with Gasteiger partial charge in [0.15, 0.2) is 11.5 Å². The van der Waals surface area contributed by atoms with Crippen LogP contribution >= 0.6 is 11.6 Å². The van der Waals surface area contributed by atoms with Crippen LogP contribution in [0.5, 0.6) is 5.75 Å². The minimum Gasteiger partial charge on any atom is -0.495 e. The van der Waals surface area contributed by atoms with Gasteiger partial charge in [0.1, 0.15) is 5.75 Å². The van der Waals surface area contributed by atoms with Crippen molar-refractivity contribution in [3.8, 4) is 11.4 Å². The zero-order chi connectivity index (χ0) is 17.1. The number of nitrogens with two attached hydrogens (primary N) is 1. The molecule has 1 amide bonds. The van der Waals surface area contributed by atoms with Crippen LogP contribution in [0.25, 0.3) is 5.69 Å². The second-order valence-electron chi connectivity index (χ2n) is 5.86. The van der Waals surface area contributed by atoms with Crippen molar-refractivity contribution in [1.29, 1.82) is 0 Å². The summed E-state index contributed by atoms with van der Waals surface area (Å²) < 4.78 is 6.59. The molecule has 7 nitrogen and oxygen atoms in total. The minimum atomic E-state index is -0.286. The van der Waals surface area contributed by atoms with E-state index in [4.69, 9.17) is 22.1 Å². The Labute approximate surface area is 145 Å². The summed E-state index contributed by atoms with van der Waals surface area (Å²) in [5.74, 6) is 0.400. The number of benzene rings is 1. The number of rotatable bonds is 4. The van der Waals surface area contributed by atoms with Gasteiger partial charge in [-0.2, -0.15) is 4.68 Å². The molecule has 1 aromatic carbocycles. The quantitative estimate of drug-likeness (QED) is 0.884. The second-order valence-corrected chi connectivity index (χ2v) is 6.27. The molecule has 3 N–H and O–H groups in total. The Balaban J connectivity index is 1.81. The molecule has 0 atom stereocenters. The van der Waals surface area contributed by atoms with Crippen molar-refractivity contribution >= 4 is 23.3 Å². The lowest BCUT2D eigenvalue weighted by Crippen LogP contribution is -2.36. The number of nitrogens with zero attached hydrogens (tertiary/aromatic N) is 3. The Hall–Kier alpha value is -2.28. The van der Waals surface area contributed by atoms with Gasteiger partial charge in [0.05, 0.1) is 17.8 Å². The number of aromatic nitrogens is 3. The predicted molar refractivity (Wildman–Crippen MR) is 91.7 cm³/mol. The molecule has 1 aromatic heterocycles. The number of methoxy groups -OCH3 is 1. The normalized spacial score (nSPS) is 15.2.